The number of hydrogen-bond acceptors (Lipinski definition) is 5. The van der Waals surface area contributed by atoms with Gasteiger partial charge in [0, 0.05) is 20.6 Å². The van der Waals surface area contributed by atoms with E-state index in [-0.39, 0.29) is 11.5 Å². The Bertz CT molecular complexity index is 1140. The van der Waals surface area contributed by atoms with Crippen LogP contribution in [0, 0.1) is 5.82 Å². The Morgan fingerprint density at radius 2 is 1.34 bits per heavy atom. The highest BCUT2D eigenvalue weighted by molar-refractivity contribution is 9.10. The number of benzene rings is 3. The van der Waals surface area contributed by atoms with Crippen molar-refractivity contribution >= 4 is 51.1 Å². The average molecular weight is 544 g/mol. The summed E-state index contributed by atoms with van der Waals surface area (Å²) in [6, 6.07) is 13.7. The summed E-state index contributed by atoms with van der Waals surface area (Å²) in [6.07, 6.45) is 0. The van der Waals surface area contributed by atoms with Gasteiger partial charge in [-0.25, -0.2) is 14.0 Å². The van der Waals surface area contributed by atoms with Crippen LogP contribution in [0.3, 0.4) is 0 Å². The fraction of sp³-hybridized carbons (Fsp3) is 0.130. The average Bonchev–Trinajstić information content (AvgIpc) is 2.81. The van der Waals surface area contributed by atoms with Crippen LogP contribution in [0.25, 0.3) is 11.1 Å². The summed E-state index contributed by atoms with van der Waals surface area (Å²) in [5, 5.41) is 0.910. The molecule has 0 saturated carbocycles. The Hall–Kier alpha value is -2.61. The summed E-state index contributed by atoms with van der Waals surface area (Å²) < 4.78 is 28.9. The molecule has 0 aromatic heterocycles. The van der Waals surface area contributed by atoms with Crippen molar-refractivity contribution in [3.63, 3.8) is 0 Å². The number of ether oxygens (including phenoxy) is 3. The smallest absolute Gasteiger partial charge is 0.337 e. The molecular weight excluding hydrogens is 526 g/mol. The maximum absolute atomic E-state index is 14.0. The topological polar surface area (TPSA) is 61.8 Å². The van der Waals surface area contributed by atoms with Crippen LogP contribution in [0.5, 0.6) is 5.75 Å². The van der Waals surface area contributed by atoms with E-state index in [0.29, 0.717) is 37.0 Å². The number of methoxy groups -OCH3 is 3. The van der Waals surface area contributed by atoms with Gasteiger partial charge >= 0.3 is 11.9 Å². The summed E-state index contributed by atoms with van der Waals surface area (Å²) in [5.74, 6) is -0.825. The molecule has 0 radical (unpaired) electrons. The molecule has 0 aliphatic heterocycles. The second-order valence-corrected chi connectivity index (χ2v) is 7.82. The molecule has 0 saturated heterocycles. The highest BCUT2D eigenvalue weighted by Gasteiger charge is 2.14. The molecule has 0 amide bonds. The lowest BCUT2D eigenvalue weighted by atomic mass is 10.0. The molecule has 0 unspecified atom stereocenters. The highest BCUT2D eigenvalue weighted by Crippen LogP contribution is 2.33. The zero-order chi connectivity index (χ0) is 23.8. The lowest BCUT2D eigenvalue weighted by Gasteiger charge is -2.09. The minimum absolute atomic E-state index is 0.264. The largest absolute Gasteiger partial charge is 0.497 e. The van der Waals surface area contributed by atoms with Crippen LogP contribution in [-0.4, -0.2) is 33.3 Å². The molecule has 0 heterocycles. The van der Waals surface area contributed by atoms with Crippen LogP contribution in [-0.2, 0) is 9.47 Å². The third kappa shape index (κ3) is 6.45. The molecule has 0 aliphatic carbocycles. The minimum atomic E-state index is -0.508. The van der Waals surface area contributed by atoms with Crippen molar-refractivity contribution in [2.75, 3.05) is 21.3 Å². The van der Waals surface area contributed by atoms with E-state index in [1.54, 1.807) is 18.2 Å². The van der Waals surface area contributed by atoms with Crippen molar-refractivity contribution in [3.05, 3.63) is 86.1 Å². The second-order valence-electron chi connectivity index (χ2n) is 6.15. The molecule has 5 nitrogen and oxygen atoms in total. The van der Waals surface area contributed by atoms with E-state index in [1.807, 2.05) is 0 Å². The van der Waals surface area contributed by atoms with Crippen LogP contribution in [0.2, 0.25) is 10.0 Å². The molecule has 0 N–H and O–H groups in total. The van der Waals surface area contributed by atoms with Crippen molar-refractivity contribution in [2.24, 2.45) is 0 Å². The van der Waals surface area contributed by atoms with Crippen LogP contribution in [0.4, 0.5) is 4.39 Å². The van der Waals surface area contributed by atoms with Gasteiger partial charge in [-0.2, -0.15) is 0 Å². The van der Waals surface area contributed by atoms with Crippen LogP contribution in [0.15, 0.2) is 59.1 Å². The first-order valence-corrected chi connectivity index (χ1v) is 10.5. The Morgan fingerprint density at radius 3 is 1.88 bits per heavy atom. The van der Waals surface area contributed by atoms with Crippen molar-refractivity contribution in [3.8, 4) is 16.9 Å². The molecule has 3 rings (SSSR count). The summed E-state index contributed by atoms with van der Waals surface area (Å²) in [7, 11) is 4.11. The maximum Gasteiger partial charge on any atom is 0.337 e. The van der Waals surface area contributed by atoms with Crippen LogP contribution < -0.4 is 4.74 Å². The van der Waals surface area contributed by atoms with Crippen LogP contribution >= 0.6 is 39.1 Å². The van der Waals surface area contributed by atoms with Crippen LogP contribution in [0.1, 0.15) is 20.7 Å². The third-order valence-electron chi connectivity index (χ3n) is 4.19. The van der Waals surface area contributed by atoms with Gasteiger partial charge in [0.1, 0.15) is 11.6 Å². The predicted octanol–water partition coefficient (Wildman–Crippen LogP) is 6.83. The van der Waals surface area contributed by atoms with E-state index < -0.39 is 11.8 Å². The zero-order valence-corrected chi connectivity index (χ0v) is 20.3. The number of hydrogen-bond donors (Lipinski definition) is 0. The van der Waals surface area contributed by atoms with Gasteiger partial charge in [0.25, 0.3) is 0 Å². The van der Waals surface area contributed by atoms with Gasteiger partial charge in [0.2, 0.25) is 0 Å². The van der Waals surface area contributed by atoms with E-state index >= 15 is 0 Å². The lowest BCUT2D eigenvalue weighted by Crippen LogP contribution is -2.01. The van der Waals surface area contributed by atoms with Gasteiger partial charge in [0.15, 0.2) is 0 Å². The zero-order valence-electron chi connectivity index (χ0n) is 17.2. The molecule has 3 aromatic carbocycles. The van der Waals surface area contributed by atoms with Gasteiger partial charge in [-0.3, -0.25) is 0 Å². The summed E-state index contributed by atoms with van der Waals surface area (Å²) >= 11 is 15.0. The quantitative estimate of drug-likeness (QED) is 0.337. The SMILES string of the molecule is COC(=O)c1ccc(Cl)c(-c2cc(OC)ccc2F)c1.COC(=O)c1ccc(Cl)c(Br)c1. The summed E-state index contributed by atoms with van der Waals surface area (Å²) in [5.41, 5.74) is 1.45. The summed E-state index contributed by atoms with van der Waals surface area (Å²) in [6.45, 7) is 0. The van der Waals surface area contributed by atoms with E-state index in [0.717, 1.165) is 0 Å². The molecule has 0 spiro atoms. The van der Waals surface area contributed by atoms with Crippen molar-refractivity contribution in [1.82, 2.24) is 0 Å². The Kier molecular flexibility index (Phi) is 9.50. The van der Waals surface area contributed by atoms with E-state index in [2.05, 4.69) is 25.4 Å². The molecule has 0 fully saturated rings. The second kappa shape index (κ2) is 11.9. The van der Waals surface area contributed by atoms with E-state index in [9.17, 15) is 14.0 Å². The van der Waals surface area contributed by atoms with Gasteiger partial charge in [-0.15, -0.1) is 0 Å². The maximum atomic E-state index is 14.0. The molecule has 3 aromatic rings. The lowest BCUT2D eigenvalue weighted by molar-refractivity contribution is 0.0592. The number of carbonyl (C=O) groups excluding carboxylic acids is 2. The monoisotopic (exact) mass is 542 g/mol. The van der Waals surface area contributed by atoms with Crippen molar-refractivity contribution in [1.29, 1.82) is 0 Å². The number of halogens is 4. The molecule has 0 atom stereocenters. The first kappa shape index (κ1) is 25.6. The standard InChI is InChI=1S/C15H12ClFO3.C8H6BrClO2/c1-19-10-4-6-14(17)12(8-10)11-7-9(15(18)20-2)3-5-13(11)16;1-12-8(11)5-2-3-7(10)6(9)4-5/h3-8H,1-2H3;2-4H,1H3. The molecule has 9 heteroatoms. The molecule has 0 bridgehead atoms. The number of carbonyl (C=O) groups is 2. The highest BCUT2D eigenvalue weighted by atomic mass is 79.9. The first-order valence-electron chi connectivity index (χ1n) is 8.97. The minimum Gasteiger partial charge on any atom is -0.497 e. The fourth-order valence-corrected chi connectivity index (χ4v) is 3.27. The number of esters is 2. The van der Waals surface area contributed by atoms with E-state index in [4.69, 9.17) is 27.9 Å². The molecule has 32 heavy (non-hydrogen) atoms. The molecule has 168 valence electrons. The first-order chi connectivity index (χ1) is 15.2. The normalized spacial score (nSPS) is 9.97. The molecule has 0 aliphatic rings. The van der Waals surface area contributed by atoms with Gasteiger partial charge < -0.3 is 14.2 Å². The van der Waals surface area contributed by atoms with Gasteiger partial charge in [-0.1, -0.05) is 23.2 Å². The third-order valence-corrected chi connectivity index (χ3v) is 5.74. The Labute approximate surface area is 203 Å². The molecular formula is C23H18BrCl2FO5. The number of rotatable bonds is 4. The Morgan fingerprint density at radius 1 is 0.781 bits per heavy atom. The van der Waals surface area contributed by atoms with Crippen molar-refractivity contribution in [2.45, 2.75) is 0 Å². The fourth-order valence-electron chi connectivity index (χ4n) is 2.56. The van der Waals surface area contributed by atoms with Crippen molar-refractivity contribution < 1.29 is 28.2 Å². The predicted molar refractivity (Wildman–Crippen MR) is 125 cm³/mol. The van der Waals surface area contributed by atoms with E-state index in [1.165, 1.54) is 57.7 Å². The Balaban J connectivity index is 0.000000258. The van der Waals surface area contributed by atoms with Gasteiger partial charge in [-0.05, 0) is 70.5 Å². The summed E-state index contributed by atoms with van der Waals surface area (Å²) in [4.78, 5) is 22.5. The van der Waals surface area contributed by atoms with Gasteiger partial charge in [0.05, 0.1) is 37.5 Å².